The molecule has 0 bridgehead atoms. The van der Waals surface area contributed by atoms with Gasteiger partial charge in [-0.2, -0.15) is 8.78 Å². The van der Waals surface area contributed by atoms with Gasteiger partial charge in [-0.05, 0) is 43.3 Å². The Morgan fingerprint density at radius 1 is 1.15 bits per heavy atom. The zero-order valence-corrected chi connectivity index (χ0v) is 14.5. The maximum absolute atomic E-state index is 12.6. The Morgan fingerprint density at radius 3 is 2.42 bits per heavy atom. The molecule has 0 fully saturated rings. The molecule has 26 heavy (non-hydrogen) atoms. The molecule has 6 nitrogen and oxygen atoms in total. The van der Waals surface area contributed by atoms with E-state index in [4.69, 9.17) is 0 Å². The molecule has 2 aromatic carbocycles. The summed E-state index contributed by atoms with van der Waals surface area (Å²) in [5, 5.41) is 2.66. The summed E-state index contributed by atoms with van der Waals surface area (Å²) < 4.78 is 49.8. The smallest absolute Gasteiger partial charge is 0.310 e. The fraction of sp³-hybridized carbons (Fsp3) is 0.176. The lowest BCUT2D eigenvalue weighted by molar-refractivity contribution is 0.102. The summed E-state index contributed by atoms with van der Waals surface area (Å²) >= 11 is 0. The Labute approximate surface area is 148 Å². The van der Waals surface area contributed by atoms with E-state index in [0.717, 1.165) is 23.2 Å². The van der Waals surface area contributed by atoms with Crippen LogP contribution in [0.4, 0.5) is 14.7 Å². The third-order valence-corrected chi connectivity index (χ3v) is 5.27. The number of aryl methyl sites for hydroxylation is 1. The molecule has 3 aromatic rings. The number of aromatic nitrogens is 2. The molecule has 9 heteroatoms. The minimum Gasteiger partial charge on any atom is -0.310 e. The summed E-state index contributed by atoms with van der Waals surface area (Å²) in [6, 6.07) is 11.7. The van der Waals surface area contributed by atoms with Gasteiger partial charge in [0, 0.05) is 12.1 Å². The Morgan fingerprint density at radius 2 is 1.81 bits per heavy atom. The highest BCUT2D eigenvalue weighted by molar-refractivity contribution is 7.91. The largest absolute Gasteiger partial charge is 0.341 e. The van der Waals surface area contributed by atoms with Crippen molar-refractivity contribution in [1.29, 1.82) is 0 Å². The zero-order chi connectivity index (χ0) is 18.9. The number of hydrogen-bond donors (Lipinski definition) is 1. The van der Waals surface area contributed by atoms with Crippen LogP contribution in [-0.4, -0.2) is 29.6 Å². The number of hydrogen-bond acceptors (Lipinski definition) is 4. The van der Waals surface area contributed by atoms with Gasteiger partial charge < -0.3 is 4.57 Å². The Balaban J connectivity index is 1.87. The number of benzene rings is 2. The van der Waals surface area contributed by atoms with Crippen LogP contribution in [0.25, 0.3) is 11.0 Å². The highest BCUT2D eigenvalue weighted by atomic mass is 32.2. The molecule has 1 heterocycles. The molecule has 136 valence electrons. The second-order valence-corrected chi connectivity index (χ2v) is 7.37. The van der Waals surface area contributed by atoms with Gasteiger partial charge in [-0.3, -0.25) is 10.1 Å². The van der Waals surface area contributed by atoms with Gasteiger partial charge in [0.05, 0.1) is 15.9 Å². The van der Waals surface area contributed by atoms with Gasteiger partial charge in [0.25, 0.3) is 5.91 Å². The summed E-state index contributed by atoms with van der Waals surface area (Å²) in [6.45, 7) is 2.50. The monoisotopic (exact) mass is 379 g/mol. The first-order valence-electron chi connectivity index (χ1n) is 7.73. The van der Waals surface area contributed by atoms with E-state index in [9.17, 15) is 22.0 Å². The maximum atomic E-state index is 12.6. The predicted molar refractivity (Wildman–Crippen MR) is 93.0 cm³/mol. The van der Waals surface area contributed by atoms with E-state index in [1.807, 2.05) is 35.8 Å². The normalized spacial score (nSPS) is 11.8. The van der Waals surface area contributed by atoms with Crippen LogP contribution < -0.4 is 5.32 Å². The third kappa shape index (κ3) is 3.17. The number of nitrogens with zero attached hydrogens (tertiary/aromatic N) is 2. The number of sulfone groups is 1. The first kappa shape index (κ1) is 18.0. The van der Waals surface area contributed by atoms with Gasteiger partial charge in [0.15, 0.2) is 0 Å². The standard InChI is InChI=1S/C17H15F2N3O3S/c1-2-22-14-6-4-3-5-13(14)20-17(22)21-15(23)11-7-9-12(10-8-11)26(24,25)16(18)19/h3-10,16H,2H2,1H3,(H,20,21,23). The molecule has 0 atom stereocenters. The lowest BCUT2D eigenvalue weighted by atomic mass is 10.2. The number of imidazole rings is 1. The number of para-hydroxylation sites is 2. The van der Waals surface area contributed by atoms with Crippen LogP contribution in [0, 0.1) is 0 Å². The van der Waals surface area contributed by atoms with Gasteiger partial charge in [-0.25, -0.2) is 13.4 Å². The number of rotatable bonds is 5. The summed E-state index contributed by atoms with van der Waals surface area (Å²) in [5.74, 6) is -3.68. The van der Waals surface area contributed by atoms with Crippen LogP contribution in [0.15, 0.2) is 53.4 Å². The van der Waals surface area contributed by atoms with Crippen molar-refractivity contribution >= 4 is 32.7 Å². The molecular formula is C17H15F2N3O3S. The van der Waals surface area contributed by atoms with E-state index in [1.54, 1.807) is 0 Å². The summed E-state index contributed by atoms with van der Waals surface area (Å²) in [7, 11) is -4.69. The fourth-order valence-corrected chi connectivity index (χ4v) is 3.28. The van der Waals surface area contributed by atoms with Crippen molar-refractivity contribution in [3.63, 3.8) is 0 Å². The Bertz CT molecular complexity index is 1060. The van der Waals surface area contributed by atoms with E-state index < -0.39 is 26.4 Å². The number of nitrogens with one attached hydrogen (secondary N) is 1. The van der Waals surface area contributed by atoms with Gasteiger partial charge in [0.2, 0.25) is 15.8 Å². The SMILES string of the molecule is CCn1c(NC(=O)c2ccc(S(=O)(=O)C(F)F)cc2)nc2ccccc21. The second-order valence-electron chi connectivity index (χ2n) is 5.45. The molecule has 1 N–H and O–H groups in total. The van der Waals surface area contributed by atoms with Crippen LogP contribution in [0.5, 0.6) is 0 Å². The summed E-state index contributed by atoms with van der Waals surface area (Å²) in [4.78, 5) is 16.2. The van der Waals surface area contributed by atoms with Crippen LogP contribution in [-0.2, 0) is 16.4 Å². The molecule has 0 unspecified atom stereocenters. The quantitative estimate of drug-likeness (QED) is 0.737. The first-order chi connectivity index (χ1) is 12.3. The molecule has 0 saturated carbocycles. The first-order valence-corrected chi connectivity index (χ1v) is 9.28. The number of carbonyl (C=O) groups excluding carboxylic acids is 1. The highest BCUT2D eigenvalue weighted by Gasteiger charge is 2.26. The van der Waals surface area contributed by atoms with Crippen molar-refractivity contribution in [3.05, 3.63) is 54.1 Å². The number of fused-ring (bicyclic) bond motifs is 1. The van der Waals surface area contributed by atoms with Crippen molar-refractivity contribution in [2.24, 2.45) is 0 Å². The van der Waals surface area contributed by atoms with Crippen molar-refractivity contribution in [2.75, 3.05) is 5.32 Å². The van der Waals surface area contributed by atoms with Gasteiger partial charge in [-0.1, -0.05) is 12.1 Å². The second kappa shape index (κ2) is 6.83. The number of amides is 1. The molecule has 0 aliphatic heterocycles. The van der Waals surface area contributed by atoms with E-state index in [0.29, 0.717) is 12.5 Å². The number of anilines is 1. The van der Waals surface area contributed by atoms with Crippen molar-refractivity contribution in [2.45, 2.75) is 24.1 Å². The Kier molecular flexibility index (Phi) is 4.73. The van der Waals surface area contributed by atoms with E-state index in [2.05, 4.69) is 10.3 Å². The van der Waals surface area contributed by atoms with Gasteiger partial charge >= 0.3 is 5.76 Å². The summed E-state index contributed by atoms with van der Waals surface area (Å²) in [5.41, 5.74) is 1.72. The van der Waals surface area contributed by atoms with E-state index in [-0.39, 0.29) is 5.56 Å². The summed E-state index contributed by atoms with van der Waals surface area (Å²) in [6.07, 6.45) is 0. The van der Waals surface area contributed by atoms with Gasteiger partial charge in [-0.15, -0.1) is 0 Å². The molecule has 0 saturated heterocycles. The lowest BCUT2D eigenvalue weighted by Crippen LogP contribution is -2.16. The van der Waals surface area contributed by atoms with Crippen LogP contribution in [0.3, 0.4) is 0 Å². The van der Waals surface area contributed by atoms with Crippen LogP contribution in [0.1, 0.15) is 17.3 Å². The Hall–Kier alpha value is -2.81. The minimum atomic E-state index is -4.69. The van der Waals surface area contributed by atoms with E-state index >= 15 is 0 Å². The molecule has 3 rings (SSSR count). The molecule has 0 aliphatic rings. The topological polar surface area (TPSA) is 81.1 Å². The third-order valence-electron chi connectivity index (χ3n) is 3.88. The number of carbonyl (C=O) groups is 1. The predicted octanol–water partition coefficient (Wildman–Crippen LogP) is 3.30. The van der Waals surface area contributed by atoms with Gasteiger partial charge in [0.1, 0.15) is 0 Å². The molecular weight excluding hydrogens is 364 g/mol. The van der Waals surface area contributed by atoms with Crippen molar-refractivity contribution in [1.82, 2.24) is 9.55 Å². The van der Waals surface area contributed by atoms with Crippen molar-refractivity contribution in [3.8, 4) is 0 Å². The molecule has 0 radical (unpaired) electrons. The van der Waals surface area contributed by atoms with Crippen LogP contribution in [0.2, 0.25) is 0 Å². The maximum Gasteiger partial charge on any atom is 0.341 e. The highest BCUT2D eigenvalue weighted by Crippen LogP contribution is 2.21. The lowest BCUT2D eigenvalue weighted by Gasteiger charge is -2.08. The van der Waals surface area contributed by atoms with Crippen LogP contribution >= 0.6 is 0 Å². The van der Waals surface area contributed by atoms with Crippen molar-refractivity contribution < 1.29 is 22.0 Å². The number of halogens is 2. The average Bonchev–Trinajstić information content (AvgIpc) is 2.98. The zero-order valence-electron chi connectivity index (χ0n) is 13.7. The molecule has 1 aromatic heterocycles. The average molecular weight is 379 g/mol. The van der Waals surface area contributed by atoms with E-state index in [1.165, 1.54) is 12.1 Å². The fourth-order valence-electron chi connectivity index (χ4n) is 2.56. The minimum absolute atomic E-state index is 0.132. The molecule has 1 amide bonds. The molecule has 0 aliphatic carbocycles. The number of alkyl halides is 2. The molecule has 0 spiro atoms.